The van der Waals surface area contributed by atoms with E-state index in [9.17, 15) is 4.79 Å². The van der Waals surface area contributed by atoms with Gasteiger partial charge in [-0.25, -0.2) is 4.79 Å². The summed E-state index contributed by atoms with van der Waals surface area (Å²) in [7, 11) is -0.929. The first kappa shape index (κ1) is 29.2. The molecule has 1 heterocycles. The van der Waals surface area contributed by atoms with Crippen molar-refractivity contribution in [1.29, 1.82) is 0 Å². The molecule has 39 heavy (non-hydrogen) atoms. The van der Waals surface area contributed by atoms with Crippen LogP contribution in [0.2, 0.25) is 0 Å². The van der Waals surface area contributed by atoms with Crippen molar-refractivity contribution in [1.82, 2.24) is 5.06 Å². The van der Waals surface area contributed by atoms with Crippen LogP contribution < -0.4 is 10.6 Å². The lowest BCUT2D eigenvalue weighted by Crippen LogP contribution is -2.40. The van der Waals surface area contributed by atoms with Gasteiger partial charge in [0, 0.05) is 17.8 Å². The number of carbonyl (C=O) groups excluding carboxylic acids is 1. The molecule has 0 N–H and O–H groups in total. The van der Waals surface area contributed by atoms with Crippen LogP contribution in [0.3, 0.4) is 0 Å². The molecule has 3 aliphatic rings. The lowest BCUT2D eigenvalue weighted by molar-refractivity contribution is -0.229. The fourth-order valence-corrected chi connectivity index (χ4v) is 14.1. The molecule has 210 valence electrons. The number of hydrogen-bond acceptors (Lipinski definition) is 3. The van der Waals surface area contributed by atoms with Gasteiger partial charge in [-0.15, -0.1) is 0 Å². The predicted molar refractivity (Wildman–Crippen MR) is 169 cm³/mol. The van der Waals surface area contributed by atoms with Gasteiger partial charge in [0.1, 0.15) is 5.94 Å². The molecule has 0 aromatic heterocycles. The summed E-state index contributed by atoms with van der Waals surface area (Å²) in [4.78, 5) is 19.8. The summed E-state index contributed by atoms with van der Waals surface area (Å²) in [6, 6.07) is 21.8. The van der Waals surface area contributed by atoms with Crippen LogP contribution in [-0.4, -0.2) is 52.3 Å². The minimum atomic E-state index is -0.644. The highest BCUT2D eigenvalue weighted by molar-refractivity contribution is 7.73. The summed E-state index contributed by atoms with van der Waals surface area (Å²) in [6.07, 6.45) is 14.5. The number of rotatable bonds is 8. The van der Waals surface area contributed by atoms with E-state index in [-0.39, 0.29) is 19.6 Å². The SMILES string of the molecule is CC(C)(C)ON1C[C@@H](P(C2CCCCC2)C2CCCCC2)C(=C=O)[C@H]1CP(c1ccccc1)c1ccccc1. The molecule has 5 heteroatoms. The Bertz CT molecular complexity index is 1030. The van der Waals surface area contributed by atoms with Crippen LogP contribution in [0.5, 0.6) is 0 Å². The van der Waals surface area contributed by atoms with Gasteiger partial charge in [0.15, 0.2) is 0 Å². The fraction of sp³-hybridized carbons (Fsp3) is 0.588. The zero-order valence-corrected chi connectivity index (χ0v) is 26.0. The third-order valence-electron chi connectivity index (χ3n) is 8.77. The first-order valence-corrected chi connectivity index (χ1v) is 18.4. The molecular weight excluding hydrogens is 516 g/mol. The molecule has 2 aromatic carbocycles. The van der Waals surface area contributed by atoms with E-state index >= 15 is 0 Å². The van der Waals surface area contributed by atoms with Crippen LogP contribution in [0.4, 0.5) is 0 Å². The van der Waals surface area contributed by atoms with Crippen molar-refractivity contribution >= 4 is 32.4 Å². The maximum Gasteiger partial charge on any atom is 0.126 e. The van der Waals surface area contributed by atoms with Gasteiger partial charge >= 0.3 is 0 Å². The van der Waals surface area contributed by atoms with E-state index < -0.39 is 7.92 Å². The van der Waals surface area contributed by atoms with Crippen LogP contribution in [-0.2, 0) is 9.63 Å². The van der Waals surface area contributed by atoms with Gasteiger partial charge in [0.2, 0.25) is 0 Å². The summed E-state index contributed by atoms with van der Waals surface area (Å²) in [5, 5.41) is 4.97. The van der Waals surface area contributed by atoms with Crippen LogP contribution in [0.15, 0.2) is 66.2 Å². The average Bonchev–Trinajstić information content (AvgIpc) is 3.28. The van der Waals surface area contributed by atoms with E-state index in [1.54, 1.807) is 0 Å². The molecular formula is C34H47NO2P2. The minimum absolute atomic E-state index is 0.0181. The molecule has 2 saturated carbocycles. The van der Waals surface area contributed by atoms with E-state index in [0.717, 1.165) is 29.6 Å². The Kier molecular flexibility index (Phi) is 10.1. The van der Waals surface area contributed by atoms with Crippen molar-refractivity contribution in [3.05, 3.63) is 66.2 Å². The maximum absolute atomic E-state index is 13.0. The number of benzene rings is 2. The zero-order chi connectivity index (χ0) is 27.2. The third-order valence-corrected chi connectivity index (χ3v) is 15.2. The summed E-state index contributed by atoms with van der Waals surface area (Å²) in [6.45, 7) is 7.29. The third kappa shape index (κ3) is 7.31. The second-order valence-corrected chi connectivity index (χ2v) is 17.9. The van der Waals surface area contributed by atoms with Crippen LogP contribution in [0, 0.1) is 0 Å². The van der Waals surface area contributed by atoms with Gasteiger partial charge in [0.25, 0.3) is 0 Å². The number of hydroxylamine groups is 2. The molecule has 0 bridgehead atoms. The van der Waals surface area contributed by atoms with E-state index in [1.807, 2.05) is 0 Å². The maximum atomic E-state index is 13.0. The summed E-state index contributed by atoms with van der Waals surface area (Å²) in [5.41, 5.74) is 2.64. The Morgan fingerprint density at radius 2 is 1.28 bits per heavy atom. The van der Waals surface area contributed by atoms with Crippen LogP contribution in [0.1, 0.15) is 85.0 Å². The smallest absolute Gasteiger partial charge is 0.126 e. The van der Waals surface area contributed by atoms with Gasteiger partial charge in [-0.2, -0.15) is 5.06 Å². The predicted octanol–water partition coefficient (Wildman–Crippen LogP) is 7.81. The molecule has 5 rings (SSSR count). The molecule has 0 spiro atoms. The van der Waals surface area contributed by atoms with Gasteiger partial charge < -0.3 is 0 Å². The van der Waals surface area contributed by atoms with E-state index in [1.165, 1.54) is 74.8 Å². The summed E-state index contributed by atoms with van der Waals surface area (Å²) < 4.78 is 0. The molecule has 1 saturated heterocycles. The highest BCUT2D eigenvalue weighted by atomic mass is 31.1. The molecule has 0 radical (unpaired) electrons. The molecule has 3 nitrogen and oxygen atoms in total. The molecule has 2 atom stereocenters. The Balaban J connectivity index is 1.52. The Labute approximate surface area is 239 Å². The molecule has 3 fully saturated rings. The Morgan fingerprint density at radius 3 is 1.72 bits per heavy atom. The normalized spacial score (nSPS) is 24.0. The highest BCUT2D eigenvalue weighted by Crippen LogP contribution is 2.62. The largest absolute Gasteiger partial charge is 0.293 e. The Hall–Kier alpha value is -1.33. The van der Waals surface area contributed by atoms with E-state index in [4.69, 9.17) is 4.84 Å². The van der Waals surface area contributed by atoms with Gasteiger partial charge in [-0.05, 0) is 82.5 Å². The van der Waals surface area contributed by atoms with Crippen molar-refractivity contribution in [2.75, 3.05) is 12.7 Å². The van der Waals surface area contributed by atoms with Crippen molar-refractivity contribution in [2.45, 2.75) is 114 Å². The molecule has 0 amide bonds. The number of nitrogens with zero attached hydrogens (tertiary/aromatic N) is 1. The van der Waals surface area contributed by atoms with Crippen molar-refractivity contribution in [3.8, 4) is 0 Å². The minimum Gasteiger partial charge on any atom is -0.293 e. The van der Waals surface area contributed by atoms with Crippen LogP contribution >= 0.6 is 15.8 Å². The quantitative estimate of drug-likeness (QED) is 0.242. The number of hydrogen-bond donors (Lipinski definition) is 0. The first-order valence-electron chi connectivity index (χ1n) is 15.3. The fourth-order valence-electron chi connectivity index (χ4n) is 7.12. The summed E-state index contributed by atoms with van der Waals surface area (Å²) >= 11 is 0. The Morgan fingerprint density at radius 1 is 0.795 bits per heavy atom. The monoisotopic (exact) mass is 563 g/mol. The molecule has 0 unspecified atom stereocenters. The second-order valence-electron chi connectivity index (χ2n) is 12.7. The highest BCUT2D eigenvalue weighted by Gasteiger charge is 2.48. The van der Waals surface area contributed by atoms with Gasteiger partial charge in [-0.1, -0.05) is 107 Å². The lowest BCUT2D eigenvalue weighted by Gasteiger charge is -2.42. The van der Waals surface area contributed by atoms with Crippen molar-refractivity contribution in [3.63, 3.8) is 0 Å². The van der Waals surface area contributed by atoms with Crippen LogP contribution in [0.25, 0.3) is 0 Å². The van der Waals surface area contributed by atoms with E-state index in [0.29, 0.717) is 5.66 Å². The topological polar surface area (TPSA) is 29.5 Å². The van der Waals surface area contributed by atoms with Crippen molar-refractivity contribution in [2.24, 2.45) is 0 Å². The standard InChI is InChI=1S/C34H47NO2P2/c1-34(2,3)37-35-24-33(39(29-20-12-6-13-21-29)30-22-14-7-15-23-30)31(25-36)32(35)26-38(27-16-8-4-9-17-27)28-18-10-5-11-19-28/h4-5,8-11,16-19,29-30,32-33H,6-7,12-15,20-24,26H2,1-3H3/t32-,33-/m1/s1. The lowest BCUT2D eigenvalue weighted by atomic mass is 9.99. The summed E-state index contributed by atoms with van der Waals surface area (Å²) in [5.74, 6) is 2.62. The zero-order valence-electron chi connectivity index (χ0n) is 24.2. The average molecular weight is 564 g/mol. The van der Waals surface area contributed by atoms with E-state index in [2.05, 4.69) is 92.4 Å². The van der Waals surface area contributed by atoms with Crippen molar-refractivity contribution < 1.29 is 9.63 Å². The molecule has 2 aromatic rings. The first-order chi connectivity index (χ1) is 18.9. The molecule has 1 aliphatic heterocycles. The van der Waals surface area contributed by atoms with Gasteiger partial charge in [-0.3, -0.25) is 4.84 Å². The van der Waals surface area contributed by atoms with Gasteiger partial charge in [0.05, 0.1) is 11.6 Å². The second kappa shape index (κ2) is 13.6. The molecule has 2 aliphatic carbocycles.